The third-order valence-corrected chi connectivity index (χ3v) is 11.7. The molecule has 0 radical (unpaired) electrons. The summed E-state index contributed by atoms with van der Waals surface area (Å²) in [5.74, 6) is 1.50. The molecule has 0 aliphatic heterocycles. The predicted octanol–water partition coefficient (Wildman–Crippen LogP) is 11.8. The van der Waals surface area contributed by atoms with E-state index in [0.29, 0.717) is 52.0 Å². The minimum absolute atomic E-state index is 0. The molecule has 3 aromatic carbocycles. The maximum Gasteiger partial charge on any atom is 0.227 e. The third-order valence-electron chi connectivity index (χ3n) is 11.7. The number of hydrogen-bond acceptors (Lipinski definition) is 7. The van der Waals surface area contributed by atoms with E-state index in [0.717, 1.165) is 58.9 Å². The number of furan rings is 1. The molecule has 5 heterocycles. The number of nitrogens with zero attached hydrogens (tertiary/aromatic N) is 4. The summed E-state index contributed by atoms with van der Waals surface area (Å²) in [6.07, 6.45) is 6.08. The van der Waals surface area contributed by atoms with Gasteiger partial charge in [-0.15, -0.1) is 0 Å². The number of pyridine rings is 4. The van der Waals surface area contributed by atoms with Gasteiger partial charge in [0.1, 0.15) is 11.3 Å². The summed E-state index contributed by atoms with van der Waals surface area (Å²) in [5.41, 5.74) is 14.2. The Morgan fingerprint density at radius 2 is 1.32 bits per heavy atom. The van der Waals surface area contributed by atoms with Crippen LogP contribution in [0.25, 0.3) is 55.8 Å². The van der Waals surface area contributed by atoms with Crippen LogP contribution in [0.2, 0.25) is 0 Å². The van der Waals surface area contributed by atoms with Crippen molar-refractivity contribution >= 4 is 22.1 Å². The molecule has 0 saturated carbocycles. The number of aromatic hydroxyl groups is 1. The van der Waals surface area contributed by atoms with Crippen LogP contribution in [-0.4, -0.2) is 25.0 Å². The average molecular weight is 930 g/mol. The van der Waals surface area contributed by atoms with Crippen LogP contribution >= 0.6 is 0 Å². The van der Waals surface area contributed by atoms with Crippen LogP contribution in [0.15, 0.2) is 120 Å². The van der Waals surface area contributed by atoms with E-state index >= 15 is 0 Å². The molecule has 57 heavy (non-hydrogen) atoms. The maximum atomic E-state index is 10.9. The Morgan fingerprint density at radius 3 is 2.05 bits per heavy atom. The number of phenolic OH excluding ortho intramolecular Hbond substituents is 1. The Kier molecular flexibility index (Phi) is 9.32. The Morgan fingerprint density at radius 1 is 0.632 bits per heavy atom. The largest absolute Gasteiger partial charge is 0.507 e. The number of para-hydroxylation sites is 1. The summed E-state index contributed by atoms with van der Waals surface area (Å²) in [6.45, 7) is 8.85. The molecule has 2 aliphatic rings. The molecule has 8 heteroatoms. The minimum atomic E-state index is 0. The van der Waals surface area contributed by atoms with E-state index in [1.54, 1.807) is 6.07 Å². The molecule has 0 bridgehead atoms. The summed E-state index contributed by atoms with van der Waals surface area (Å²) in [6, 6.07) is 36.5. The van der Waals surface area contributed by atoms with Gasteiger partial charge in [0.2, 0.25) is 17.5 Å². The quantitative estimate of drug-likeness (QED) is 0.170. The molecule has 1 spiro atoms. The number of rotatable bonds is 7. The second-order valence-electron chi connectivity index (χ2n) is 16.3. The first-order chi connectivity index (χ1) is 27.2. The standard InChI is InChI=1S/C49H42N4O3.Pt/c1-28(2)34-14-9-15-35(29(3)4)47(34)32-20-40(36-13-7-8-17-43(36)54)52-46(21-32)56-45-18-10-16-39(51-45)41-22-44-38(27-50-41)37-19-33-25-49(26-42(33)53-48(37)55-44)23-30-11-5-6-12-31(30)24-49;/h5-22,27-29,54H,23-26H2,1-4H3;. The van der Waals surface area contributed by atoms with Crippen molar-refractivity contribution < 1.29 is 35.3 Å². The smallest absolute Gasteiger partial charge is 0.227 e. The number of benzene rings is 3. The van der Waals surface area contributed by atoms with E-state index in [9.17, 15) is 5.11 Å². The van der Waals surface area contributed by atoms with Crippen molar-refractivity contribution in [1.82, 2.24) is 19.9 Å². The van der Waals surface area contributed by atoms with Crippen molar-refractivity contribution in [3.05, 3.63) is 149 Å². The van der Waals surface area contributed by atoms with Crippen molar-refractivity contribution in [1.29, 1.82) is 0 Å². The zero-order valence-electron chi connectivity index (χ0n) is 32.3. The van der Waals surface area contributed by atoms with Crippen LogP contribution in [0.1, 0.15) is 73.0 Å². The Bertz CT molecular complexity index is 2790. The summed E-state index contributed by atoms with van der Waals surface area (Å²) in [4.78, 5) is 19.7. The third kappa shape index (κ3) is 6.62. The van der Waals surface area contributed by atoms with E-state index in [1.165, 1.54) is 27.8 Å². The molecule has 0 fully saturated rings. The summed E-state index contributed by atoms with van der Waals surface area (Å²) in [7, 11) is 0. The van der Waals surface area contributed by atoms with Gasteiger partial charge in [-0.25, -0.2) is 15.0 Å². The van der Waals surface area contributed by atoms with Crippen molar-refractivity contribution in [3.8, 4) is 51.3 Å². The minimum Gasteiger partial charge on any atom is -0.507 e. The Labute approximate surface area is 346 Å². The van der Waals surface area contributed by atoms with Crippen molar-refractivity contribution in [2.45, 2.75) is 65.2 Å². The van der Waals surface area contributed by atoms with Crippen molar-refractivity contribution in [2.75, 3.05) is 0 Å². The van der Waals surface area contributed by atoms with Gasteiger partial charge in [0.15, 0.2) is 0 Å². The van der Waals surface area contributed by atoms with Gasteiger partial charge in [-0.05, 0) is 112 Å². The summed E-state index contributed by atoms with van der Waals surface area (Å²) in [5, 5.41) is 12.8. The Hall–Kier alpha value is -5.65. The molecule has 286 valence electrons. The first-order valence-electron chi connectivity index (χ1n) is 19.6. The van der Waals surface area contributed by atoms with E-state index in [1.807, 2.05) is 60.8 Å². The van der Waals surface area contributed by atoms with Crippen LogP contribution in [0, 0.1) is 5.41 Å². The van der Waals surface area contributed by atoms with E-state index in [2.05, 4.69) is 76.2 Å². The topological polar surface area (TPSA) is 94.2 Å². The van der Waals surface area contributed by atoms with Crippen LogP contribution in [0.4, 0.5) is 0 Å². The zero-order chi connectivity index (χ0) is 38.1. The first kappa shape index (κ1) is 37.0. The van der Waals surface area contributed by atoms with Gasteiger partial charge in [0.25, 0.3) is 0 Å². The number of phenols is 1. The molecular weight excluding hydrogens is 888 g/mol. The number of ether oxygens (including phenoxy) is 1. The fourth-order valence-corrected chi connectivity index (χ4v) is 9.10. The maximum absolute atomic E-state index is 10.9. The molecular formula is C49H42N4O3Pt. The van der Waals surface area contributed by atoms with Gasteiger partial charge in [-0.2, -0.15) is 0 Å². The summed E-state index contributed by atoms with van der Waals surface area (Å²) < 4.78 is 12.9. The molecule has 7 nitrogen and oxygen atoms in total. The molecule has 0 saturated heterocycles. The van der Waals surface area contributed by atoms with Crippen LogP contribution in [0.3, 0.4) is 0 Å². The molecule has 10 rings (SSSR count). The van der Waals surface area contributed by atoms with Gasteiger partial charge in [-0.1, -0.05) is 88.4 Å². The molecule has 5 aromatic heterocycles. The second-order valence-corrected chi connectivity index (χ2v) is 16.3. The zero-order valence-corrected chi connectivity index (χ0v) is 34.6. The molecule has 0 unspecified atom stereocenters. The SMILES string of the molecule is CC(C)c1cccc(C(C)C)c1-c1cc(Oc2cccc(-c3cc4oc5nc6c(cc5c4cn3)CC3(Cc4ccccc4C3)C6)n2)nc(-c2ccccc2O)c1.[Pt]. The normalized spacial score (nSPS) is 14.1. The second kappa shape index (κ2) is 14.4. The van der Waals surface area contributed by atoms with Gasteiger partial charge in [-0.3, -0.25) is 4.98 Å². The molecule has 0 atom stereocenters. The Balaban J connectivity index is 0.00000422. The van der Waals surface area contributed by atoms with Gasteiger partial charge in [0.05, 0.1) is 17.1 Å². The number of fused-ring (bicyclic) bond motifs is 5. The van der Waals surface area contributed by atoms with Gasteiger partial charge < -0.3 is 14.3 Å². The summed E-state index contributed by atoms with van der Waals surface area (Å²) >= 11 is 0. The monoisotopic (exact) mass is 929 g/mol. The number of aromatic nitrogens is 4. The van der Waals surface area contributed by atoms with Gasteiger partial charge in [0, 0.05) is 67.5 Å². The van der Waals surface area contributed by atoms with Crippen LogP contribution in [0.5, 0.6) is 17.5 Å². The van der Waals surface area contributed by atoms with Crippen molar-refractivity contribution in [2.24, 2.45) is 5.41 Å². The first-order valence-corrected chi connectivity index (χ1v) is 19.6. The fraction of sp³-hybridized carbons (Fsp3) is 0.224. The van der Waals surface area contributed by atoms with E-state index in [4.69, 9.17) is 29.1 Å². The van der Waals surface area contributed by atoms with Crippen LogP contribution in [-0.2, 0) is 46.7 Å². The number of hydrogen-bond donors (Lipinski definition) is 1. The van der Waals surface area contributed by atoms with Gasteiger partial charge >= 0.3 is 0 Å². The predicted molar refractivity (Wildman–Crippen MR) is 221 cm³/mol. The molecule has 2 aliphatic carbocycles. The van der Waals surface area contributed by atoms with E-state index < -0.39 is 0 Å². The van der Waals surface area contributed by atoms with E-state index in [-0.39, 0.29) is 32.2 Å². The molecule has 8 aromatic rings. The van der Waals surface area contributed by atoms with Crippen LogP contribution < -0.4 is 4.74 Å². The van der Waals surface area contributed by atoms with Crippen molar-refractivity contribution in [3.63, 3.8) is 0 Å². The molecule has 0 amide bonds. The fourth-order valence-electron chi connectivity index (χ4n) is 9.10. The average Bonchev–Trinajstić information content (AvgIpc) is 3.86. The molecule has 1 N–H and O–H groups in total.